The van der Waals surface area contributed by atoms with E-state index in [9.17, 15) is 13.6 Å². The van der Waals surface area contributed by atoms with Crippen LogP contribution in [0.15, 0.2) is 6.07 Å². The van der Waals surface area contributed by atoms with Crippen molar-refractivity contribution in [1.82, 2.24) is 4.98 Å². The van der Waals surface area contributed by atoms with Gasteiger partial charge in [-0.05, 0) is 18.6 Å². The van der Waals surface area contributed by atoms with E-state index in [4.69, 9.17) is 5.73 Å². The number of alkyl halides is 2. The van der Waals surface area contributed by atoms with Crippen molar-refractivity contribution >= 4 is 11.8 Å². The number of pyridine rings is 1. The number of aromatic nitrogens is 1. The van der Waals surface area contributed by atoms with Crippen LogP contribution in [0.3, 0.4) is 0 Å². The summed E-state index contributed by atoms with van der Waals surface area (Å²) in [7, 11) is 1.09. The zero-order chi connectivity index (χ0) is 11.6. The Morgan fingerprint density at radius 2 is 2.20 bits per heavy atom. The van der Waals surface area contributed by atoms with Crippen LogP contribution in [0.2, 0.25) is 0 Å². The van der Waals surface area contributed by atoms with E-state index in [1.165, 1.54) is 6.92 Å². The molecule has 0 saturated carbocycles. The fourth-order valence-electron chi connectivity index (χ4n) is 1.08. The number of nitrogen functional groups attached to an aromatic ring is 1. The Hall–Kier alpha value is -1.72. The smallest absolute Gasteiger partial charge is 0.357 e. The van der Waals surface area contributed by atoms with E-state index in [1.807, 2.05) is 0 Å². The Morgan fingerprint density at radius 1 is 1.60 bits per heavy atom. The molecule has 0 aliphatic carbocycles. The van der Waals surface area contributed by atoms with E-state index in [-0.39, 0.29) is 5.82 Å². The highest BCUT2D eigenvalue weighted by molar-refractivity contribution is 5.89. The third-order valence-corrected chi connectivity index (χ3v) is 1.90. The molecular formula is C9H10F2N2O2. The van der Waals surface area contributed by atoms with Gasteiger partial charge in [0, 0.05) is 0 Å². The third kappa shape index (κ3) is 2.20. The Labute approximate surface area is 85.1 Å². The molecule has 0 spiro atoms. The van der Waals surface area contributed by atoms with Gasteiger partial charge in [-0.3, -0.25) is 0 Å². The quantitative estimate of drug-likeness (QED) is 0.764. The van der Waals surface area contributed by atoms with Crippen molar-refractivity contribution in [2.75, 3.05) is 12.8 Å². The highest BCUT2D eigenvalue weighted by Gasteiger charge is 2.21. The van der Waals surface area contributed by atoms with Crippen LogP contribution < -0.4 is 5.73 Å². The molecule has 6 heteroatoms. The molecule has 0 aliphatic rings. The molecule has 1 aromatic rings. The number of rotatable bonds is 2. The third-order valence-electron chi connectivity index (χ3n) is 1.90. The minimum absolute atomic E-state index is 0.0415. The highest BCUT2D eigenvalue weighted by atomic mass is 19.3. The number of methoxy groups -OCH3 is 1. The molecule has 0 fully saturated rings. The van der Waals surface area contributed by atoms with Crippen LogP contribution in [0.1, 0.15) is 28.0 Å². The topological polar surface area (TPSA) is 65.2 Å². The second kappa shape index (κ2) is 4.20. The van der Waals surface area contributed by atoms with Gasteiger partial charge in [0.15, 0.2) is 5.69 Å². The second-order valence-electron chi connectivity index (χ2n) is 2.92. The van der Waals surface area contributed by atoms with Gasteiger partial charge in [0.05, 0.1) is 12.7 Å². The average Bonchev–Trinajstić information content (AvgIpc) is 2.20. The fourth-order valence-corrected chi connectivity index (χ4v) is 1.08. The van der Waals surface area contributed by atoms with E-state index in [1.54, 1.807) is 0 Å². The Kier molecular flexibility index (Phi) is 3.18. The zero-order valence-corrected chi connectivity index (χ0v) is 8.25. The van der Waals surface area contributed by atoms with Crippen LogP contribution in [0.25, 0.3) is 0 Å². The van der Waals surface area contributed by atoms with Gasteiger partial charge in [0.25, 0.3) is 6.43 Å². The second-order valence-corrected chi connectivity index (χ2v) is 2.92. The van der Waals surface area contributed by atoms with Crippen molar-refractivity contribution in [3.05, 3.63) is 22.9 Å². The molecule has 0 saturated heterocycles. The fraction of sp³-hybridized carbons (Fsp3) is 0.333. The minimum atomic E-state index is -2.79. The van der Waals surface area contributed by atoms with Gasteiger partial charge in [-0.25, -0.2) is 18.6 Å². The highest BCUT2D eigenvalue weighted by Crippen LogP contribution is 2.25. The molecule has 0 radical (unpaired) electrons. The first-order valence-electron chi connectivity index (χ1n) is 4.10. The average molecular weight is 216 g/mol. The number of anilines is 1. The lowest BCUT2D eigenvalue weighted by molar-refractivity contribution is 0.0582. The summed E-state index contributed by atoms with van der Waals surface area (Å²) >= 11 is 0. The molecule has 1 heterocycles. The SMILES string of the molecule is COC(=O)c1nc(N)c(C)cc1C(F)F. The summed E-state index contributed by atoms with van der Waals surface area (Å²) in [6.45, 7) is 1.54. The molecule has 0 aromatic carbocycles. The molecule has 15 heavy (non-hydrogen) atoms. The maximum Gasteiger partial charge on any atom is 0.357 e. The molecule has 0 aliphatic heterocycles. The molecule has 4 nitrogen and oxygen atoms in total. The summed E-state index contributed by atoms with van der Waals surface area (Å²) < 4.78 is 29.4. The van der Waals surface area contributed by atoms with Crippen LogP contribution in [-0.2, 0) is 4.74 Å². The minimum Gasteiger partial charge on any atom is -0.464 e. The molecule has 2 N–H and O–H groups in total. The van der Waals surface area contributed by atoms with E-state index in [0.717, 1.165) is 13.2 Å². The number of aryl methyl sites for hydroxylation is 1. The van der Waals surface area contributed by atoms with Crippen molar-refractivity contribution in [2.45, 2.75) is 13.3 Å². The van der Waals surface area contributed by atoms with Gasteiger partial charge in [-0.2, -0.15) is 0 Å². The molecule has 0 atom stereocenters. The number of carbonyl (C=O) groups excluding carboxylic acids is 1. The van der Waals surface area contributed by atoms with Gasteiger partial charge < -0.3 is 10.5 Å². The first-order valence-corrected chi connectivity index (χ1v) is 4.10. The number of hydrogen-bond donors (Lipinski definition) is 1. The lowest BCUT2D eigenvalue weighted by Gasteiger charge is -2.08. The molecule has 82 valence electrons. The first kappa shape index (κ1) is 11.4. The predicted octanol–water partition coefficient (Wildman–Crippen LogP) is 1.70. The molecular weight excluding hydrogens is 206 g/mol. The number of ether oxygens (including phenoxy) is 1. The molecule has 0 bridgehead atoms. The zero-order valence-electron chi connectivity index (χ0n) is 8.25. The largest absolute Gasteiger partial charge is 0.464 e. The monoisotopic (exact) mass is 216 g/mol. The maximum atomic E-state index is 12.5. The summed E-state index contributed by atoms with van der Waals surface area (Å²) in [5.74, 6) is -0.878. The van der Waals surface area contributed by atoms with Gasteiger partial charge in [-0.15, -0.1) is 0 Å². The summed E-state index contributed by atoms with van der Waals surface area (Å²) in [5, 5.41) is 0. The van der Waals surface area contributed by atoms with E-state index in [0.29, 0.717) is 5.56 Å². The summed E-state index contributed by atoms with van der Waals surface area (Å²) in [6.07, 6.45) is -2.79. The van der Waals surface area contributed by atoms with Crippen molar-refractivity contribution in [2.24, 2.45) is 0 Å². The van der Waals surface area contributed by atoms with E-state index < -0.39 is 23.7 Å². The van der Waals surface area contributed by atoms with Crippen molar-refractivity contribution in [1.29, 1.82) is 0 Å². The summed E-state index contributed by atoms with van der Waals surface area (Å²) in [5.41, 5.74) is 4.92. The predicted molar refractivity (Wildman–Crippen MR) is 49.7 cm³/mol. The first-order chi connectivity index (χ1) is 6.97. The number of halogens is 2. The normalized spacial score (nSPS) is 10.5. The summed E-state index contributed by atoms with van der Waals surface area (Å²) in [6, 6.07) is 1.14. The number of hydrogen-bond acceptors (Lipinski definition) is 4. The molecule has 1 aromatic heterocycles. The Morgan fingerprint density at radius 3 is 2.67 bits per heavy atom. The number of nitrogens with two attached hydrogens (primary N) is 1. The molecule has 0 unspecified atom stereocenters. The van der Waals surface area contributed by atoms with Crippen LogP contribution in [0, 0.1) is 6.92 Å². The van der Waals surface area contributed by atoms with Gasteiger partial charge >= 0.3 is 5.97 Å². The van der Waals surface area contributed by atoms with E-state index >= 15 is 0 Å². The Bertz CT molecular complexity index is 394. The molecule has 0 amide bonds. The van der Waals surface area contributed by atoms with Crippen molar-refractivity contribution in [3.63, 3.8) is 0 Å². The van der Waals surface area contributed by atoms with Crippen molar-refractivity contribution in [3.8, 4) is 0 Å². The van der Waals surface area contributed by atoms with E-state index in [2.05, 4.69) is 9.72 Å². The number of carbonyl (C=O) groups is 1. The number of nitrogens with zero attached hydrogens (tertiary/aromatic N) is 1. The van der Waals surface area contributed by atoms with Crippen LogP contribution >= 0.6 is 0 Å². The lowest BCUT2D eigenvalue weighted by Crippen LogP contribution is -2.11. The van der Waals surface area contributed by atoms with Crippen LogP contribution in [-0.4, -0.2) is 18.1 Å². The van der Waals surface area contributed by atoms with Gasteiger partial charge in [-0.1, -0.05) is 0 Å². The lowest BCUT2D eigenvalue weighted by atomic mass is 10.1. The van der Waals surface area contributed by atoms with Crippen LogP contribution in [0.4, 0.5) is 14.6 Å². The van der Waals surface area contributed by atoms with Crippen molar-refractivity contribution < 1.29 is 18.3 Å². The van der Waals surface area contributed by atoms with Crippen LogP contribution in [0.5, 0.6) is 0 Å². The Balaban J connectivity index is 3.34. The molecule has 1 rings (SSSR count). The van der Waals surface area contributed by atoms with Gasteiger partial charge in [0.2, 0.25) is 0 Å². The van der Waals surface area contributed by atoms with Gasteiger partial charge in [0.1, 0.15) is 5.82 Å². The number of esters is 1. The summed E-state index contributed by atoms with van der Waals surface area (Å²) in [4.78, 5) is 14.7. The maximum absolute atomic E-state index is 12.5. The standard InChI is InChI=1S/C9H10F2N2O2/c1-4-3-5(7(10)11)6(9(14)15-2)13-8(4)12/h3,7H,1-2H3,(H2,12,13).